The first kappa shape index (κ1) is 12.2. The van der Waals surface area contributed by atoms with Crippen molar-refractivity contribution in [1.82, 2.24) is 5.32 Å². The average Bonchev–Trinajstić information content (AvgIpc) is 2.69. The number of nitrogens with one attached hydrogen (secondary N) is 1. The van der Waals surface area contributed by atoms with Gasteiger partial charge in [-0.1, -0.05) is 31.2 Å². The molecule has 1 fully saturated rings. The van der Waals surface area contributed by atoms with Crippen LogP contribution in [0, 0.1) is 0 Å². The third-order valence-electron chi connectivity index (χ3n) is 3.77. The number of benzene rings is 1. The molecule has 2 unspecified atom stereocenters. The second kappa shape index (κ2) is 5.39. The Hall–Kier alpha value is -0.900. The van der Waals surface area contributed by atoms with Crippen molar-refractivity contribution in [1.29, 1.82) is 0 Å². The van der Waals surface area contributed by atoms with E-state index in [-0.39, 0.29) is 6.10 Å². The molecule has 18 heavy (non-hydrogen) atoms. The Morgan fingerprint density at radius 1 is 1.33 bits per heavy atom. The molecule has 3 nitrogen and oxygen atoms in total. The second-order valence-corrected chi connectivity index (χ2v) is 5.17. The van der Waals surface area contributed by atoms with Gasteiger partial charge in [-0.3, -0.25) is 0 Å². The Labute approximate surface area is 108 Å². The summed E-state index contributed by atoms with van der Waals surface area (Å²) in [6.45, 7) is 4.75. The van der Waals surface area contributed by atoms with E-state index < -0.39 is 0 Å². The van der Waals surface area contributed by atoms with Crippen molar-refractivity contribution in [2.75, 3.05) is 19.8 Å². The summed E-state index contributed by atoms with van der Waals surface area (Å²) in [4.78, 5) is 0. The smallest absolute Gasteiger partial charge is 0.105 e. The fourth-order valence-corrected chi connectivity index (χ4v) is 2.77. The summed E-state index contributed by atoms with van der Waals surface area (Å²) in [5.41, 5.74) is 2.84. The molecule has 98 valence electrons. The van der Waals surface area contributed by atoms with Gasteiger partial charge in [0.15, 0.2) is 0 Å². The zero-order valence-corrected chi connectivity index (χ0v) is 10.9. The Balaban J connectivity index is 1.73. The average molecular weight is 247 g/mol. The molecule has 1 N–H and O–H groups in total. The first-order chi connectivity index (χ1) is 8.88. The first-order valence-electron chi connectivity index (χ1n) is 6.93. The number of ether oxygens (including phenoxy) is 2. The number of rotatable bonds is 5. The fourth-order valence-electron chi connectivity index (χ4n) is 2.77. The highest BCUT2D eigenvalue weighted by Gasteiger charge is 2.35. The topological polar surface area (TPSA) is 30.5 Å². The lowest BCUT2D eigenvalue weighted by atomic mass is 10.1. The van der Waals surface area contributed by atoms with E-state index in [9.17, 15) is 0 Å². The number of hydrogen-bond donors (Lipinski definition) is 1. The summed E-state index contributed by atoms with van der Waals surface area (Å²) in [7, 11) is 0. The second-order valence-electron chi connectivity index (χ2n) is 5.17. The molecule has 1 aromatic carbocycles. The van der Waals surface area contributed by atoms with Crippen LogP contribution in [0.2, 0.25) is 0 Å². The SMILES string of the molecule is CCCNC1c2ccccc2CC1OC1COC1. The molecule has 1 heterocycles. The summed E-state index contributed by atoms with van der Waals surface area (Å²) in [6, 6.07) is 9.03. The van der Waals surface area contributed by atoms with Crippen molar-refractivity contribution in [3.63, 3.8) is 0 Å². The molecule has 2 atom stereocenters. The van der Waals surface area contributed by atoms with E-state index in [2.05, 4.69) is 36.5 Å². The van der Waals surface area contributed by atoms with Gasteiger partial charge < -0.3 is 14.8 Å². The van der Waals surface area contributed by atoms with Gasteiger partial charge in [0, 0.05) is 6.42 Å². The van der Waals surface area contributed by atoms with Gasteiger partial charge in [0.2, 0.25) is 0 Å². The van der Waals surface area contributed by atoms with Gasteiger partial charge in [0.1, 0.15) is 6.10 Å². The molecule has 1 aromatic rings. The van der Waals surface area contributed by atoms with Crippen LogP contribution in [-0.4, -0.2) is 32.0 Å². The Kier molecular flexibility index (Phi) is 3.64. The Bertz CT molecular complexity index is 403. The summed E-state index contributed by atoms with van der Waals surface area (Å²) in [6.07, 6.45) is 2.74. The minimum atomic E-state index is 0.267. The molecule has 1 aliphatic heterocycles. The lowest BCUT2D eigenvalue weighted by molar-refractivity contribution is -0.158. The zero-order valence-electron chi connectivity index (χ0n) is 10.9. The van der Waals surface area contributed by atoms with Gasteiger partial charge in [-0.25, -0.2) is 0 Å². The summed E-state index contributed by atoms with van der Waals surface area (Å²) >= 11 is 0. The van der Waals surface area contributed by atoms with E-state index in [1.54, 1.807) is 0 Å². The monoisotopic (exact) mass is 247 g/mol. The van der Waals surface area contributed by atoms with E-state index in [1.165, 1.54) is 11.1 Å². The molecule has 3 rings (SSSR count). The van der Waals surface area contributed by atoms with E-state index in [0.717, 1.165) is 32.6 Å². The molecular weight excluding hydrogens is 226 g/mol. The largest absolute Gasteiger partial charge is 0.376 e. The highest BCUT2D eigenvalue weighted by atomic mass is 16.6. The van der Waals surface area contributed by atoms with Crippen LogP contribution in [0.5, 0.6) is 0 Å². The lowest BCUT2D eigenvalue weighted by Crippen LogP contribution is -2.42. The van der Waals surface area contributed by atoms with Crippen molar-refractivity contribution in [3.05, 3.63) is 35.4 Å². The van der Waals surface area contributed by atoms with Gasteiger partial charge in [-0.2, -0.15) is 0 Å². The maximum absolute atomic E-state index is 6.15. The van der Waals surface area contributed by atoms with Gasteiger partial charge in [0.05, 0.1) is 25.4 Å². The normalized spacial score (nSPS) is 26.9. The summed E-state index contributed by atoms with van der Waals surface area (Å²) < 4.78 is 11.3. The highest BCUT2D eigenvalue weighted by molar-refractivity contribution is 5.36. The third-order valence-corrected chi connectivity index (χ3v) is 3.77. The predicted molar refractivity (Wildman–Crippen MR) is 70.7 cm³/mol. The molecule has 0 spiro atoms. The van der Waals surface area contributed by atoms with Crippen molar-refractivity contribution in [2.24, 2.45) is 0 Å². The van der Waals surface area contributed by atoms with Crippen LogP contribution in [0.1, 0.15) is 30.5 Å². The van der Waals surface area contributed by atoms with Crippen molar-refractivity contribution in [2.45, 2.75) is 38.0 Å². The third kappa shape index (κ3) is 2.30. The zero-order chi connectivity index (χ0) is 12.4. The molecule has 0 radical (unpaired) electrons. The Morgan fingerprint density at radius 3 is 2.89 bits per heavy atom. The van der Waals surface area contributed by atoms with Crippen LogP contribution in [0.25, 0.3) is 0 Å². The van der Waals surface area contributed by atoms with Crippen molar-refractivity contribution < 1.29 is 9.47 Å². The molecule has 2 aliphatic rings. The molecule has 1 aliphatic carbocycles. The van der Waals surface area contributed by atoms with Crippen LogP contribution >= 0.6 is 0 Å². The maximum Gasteiger partial charge on any atom is 0.105 e. The summed E-state index contributed by atoms with van der Waals surface area (Å²) in [5.74, 6) is 0. The molecule has 0 saturated carbocycles. The Morgan fingerprint density at radius 2 is 2.17 bits per heavy atom. The first-order valence-corrected chi connectivity index (χ1v) is 6.93. The molecule has 1 saturated heterocycles. The van der Waals surface area contributed by atoms with Crippen LogP contribution in [0.4, 0.5) is 0 Å². The molecule has 0 bridgehead atoms. The quantitative estimate of drug-likeness (QED) is 0.864. The maximum atomic E-state index is 6.15. The predicted octanol–water partition coefficient (Wildman–Crippen LogP) is 2.07. The van der Waals surface area contributed by atoms with Gasteiger partial charge in [0.25, 0.3) is 0 Å². The van der Waals surface area contributed by atoms with Gasteiger partial charge in [-0.05, 0) is 24.1 Å². The standard InChI is InChI=1S/C15H21NO2/c1-2-7-16-15-13-6-4-3-5-11(13)8-14(15)18-12-9-17-10-12/h3-6,12,14-16H,2,7-10H2,1H3. The highest BCUT2D eigenvalue weighted by Crippen LogP contribution is 2.34. The number of hydrogen-bond acceptors (Lipinski definition) is 3. The fraction of sp³-hybridized carbons (Fsp3) is 0.600. The van der Waals surface area contributed by atoms with Crippen LogP contribution in [-0.2, 0) is 15.9 Å². The van der Waals surface area contributed by atoms with Crippen molar-refractivity contribution >= 4 is 0 Å². The van der Waals surface area contributed by atoms with E-state index in [4.69, 9.17) is 9.47 Å². The molecule has 0 aromatic heterocycles. The van der Waals surface area contributed by atoms with Gasteiger partial charge >= 0.3 is 0 Å². The lowest BCUT2D eigenvalue weighted by Gasteiger charge is -2.32. The van der Waals surface area contributed by atoms with Crippen LogP contribution < -0.4 is 5.32 Å². The van der Waals surface area contributed by atoms with E-state index in [0.29, 0.717) is 12.1 Å². The number of fused-ring (bicyclic) bond motifs is 1. The van der Waals surface area contributed by atoms with E-state index >= 15 is 0 Å². The van der Waals surface area contributed by atoms with E-state index in [1.807, 2.05) is 0 Å². The van der Waals surface area contributed by atoms with Crippen LogP contribution in [0.3, 0.4) is 0 Å². The minimum absolute atomic E-state index is 0.267. The minimum Gasteiger partial charge on any atom is -0.376 e. The molecular formula is C15H21NO2. The molecule has 3 heteroatoms. The van der Waals surface area contributed by atoms with Crippen molar-refractivity contribution in [3.8, 4) is 0 Å². The van der Waals surface area contributed by atoms with Gasteiger partial charge in [-0.15, -0.1) is 0 Å². The molecule has 0 amide bonds. The summed E-state index contributed by atoms with van der Waals surface area (Å²) in [5, 5.41) is 3.63. The van der Waals surface area contributed by atoms with Crippen LogP contribution in [0.15, 0.2) is 24.3 Å².